The Kier molecular flexibility index (Phi) is 9.13. The molecule has 0 bridgehead atoms. The van der Waals surface area contributed by atoms with Crippen LogP contribution in [-0.2, 0) is 13.6 Å². The third kappa shape index (κ3) is 6.34. The summed E-state index contributed by atoms with van der Waals surface area (Å²) in [6.45, 7) is 2.44. The average Bonchev–Trinajstić information content (AvgIpc) is 3.00. The maximum atomic E-state index is 4.22. The highest BCUT2D eigenvalue weighted by Crippen LogP contribution is 2.10. The van der Waals surface area contributed by atoms with Gasteiger partial charge >= 0.3 is 0 Å². The molecule has 8 heteroatoms. The van der Waals surface area contributed by atoms with E-state index in [0.29, 0.717) is 6.54 Å². The number of aliphatic imine (C=N–C) groups is 1. The fourth-order valence-corrected chi connectivity index (χ4v) is 2.20. The molecule has 0 radical (unpaired) electrons. The Morgan fingerprint density at radius 3 is 2.62 bits per heavy atom. The molecule has 2 rings (SSSR count). The van der Waals surface area contributed by atoms with Crippen LogP contribution in [0.15, 0.2) is 41.7 Å². The summed E-state index contributed by atoms with van der Waals surface area (Å²) in [7, 11) is 5.75. The van der Waals surface area contributed by atoms with Gasteiger partial charge in [0.2, 0.25) is 0 Å². The van der Waals surface area contributed by atoms with Crippen LogP contribution in [0.1, 0.15) is 12.2 Å². The number of hydrogen-bond donors (Lipinski definition) is 2. The Morgan fingerprint density at radius 2 is 2.00 bits per heavy atom. The van der Waals surface area contributed by atoms with Crippen LogP contribution in [0.5, 0.6) is 0 Å². The van der Waals surface area contributed by atoms with Crippen molar-refractivity contribution in [3.05, 3.63) is 42.5 Å². The molecule has 0 amide bonds. The van der Waals surface area contributed by atoms with Gasteiger partial charge in [0, 0.05) is 39.9 Å². The van der Waals surface area contributed by atoms with E-state index in [-0.39, 0.29) is 24.0 Å². The number of hydrogen-bond acceptors (Lipinski definition) is 4. The van der Waals surface area contributed by atoms with Crippen LogP contribution in [0.4, 0.5) is 5.69 Å². The Hall–Kier alpha value is -1.84. The number of nitrogens with one attached hydrogen (secondary N) is 2. The first-order chi connectivity index (χ1) is 11.2. The van der Waals surface area contributed by atoms with E-state index in [0.717, 1.165) is 31.3 Å². The number of nitrogens with zero attached hydrogens (tertiary/aromatic N) is 5. The first-order valence-corrected chi connectivity index (χ1v) is 7.74. The van der Waals surface area contributed by atoms with Gasteiger partial charge in [-0.3, -0.25) is 9.67 Å². The van der Waals surface area contributed by atoms with Gasteiger partial charge in [-0.05, 0) is 18.6 Å². The predicted molar refractivity (Wildman–Crippen MR) is 109 cm³/mol. The number of para-hydroxylation sites is 1. The van der Waals surface area contributed by atoms with E-state index in [1.807, 2.05) is 13.1 Å². The van der Waals surface area contributed by atoms with Crippen LogP contribution in [-0.4, -0.2) is 47.9 Å². The molecule has 1 aromatic heterocycles. The molecular formula is C16H26IN7. The Morgan fingerprint density at radius 1 is 1.25 bits per heavy atom. The minimum Gasteiger partial charge on any atom is -0.375 e. The molecule has 0 saturated carbocycles. The summed E-state index contributed by atoms with van der Waals surface area (Å²) in [6.07, 6.45) is 2.57. The highest BCUT2D eigenvalue weighted by Gasteiger charge is 2.03. The molecule has 0 spiro atoms. The van der Waals surface area contributed by atoms with E-state index in [1.54, 1.807) is 18.1 Å². The maximum Gasteiger partial charge on any atom is 0.191 e. The third-order valence-electron chi connectivity index (χ3n) is 3.60. The lowest BCUT2D eigenvalue weighted by atomic mass is 10.3. The molecule has 0 aliphatic carbocycles. The number of halogens is 1. The van der Waals surface area contributed by atoms with Crippen LogP contribution < -0.4 is 15.5 Å². The van der Waals surface area contributed by atoms with Gasteiger partial charge in [0.25, 0.3) is 0 Å². The lowest BCUT2D eigenvalue weighted by molar-refractivity contribution is 0.668. The fraction of sp³-hybridized carbons (Fsp3) is 0.438. The van der Waals surface area contributed by atoms with Gasteiger partial charge in [-0.25, -0.2) is 4.98 Å². The fourth-order valence-electron chi connectivity index (χ4n) is 2.20. The van der Waals surface area contributed by atoms with Crippen molar-refractivity contribution in [2.24, 2.45) is 12.0 Å². The zero-order valence-corrected chi connectivity index (χ0v) is 16.8. The number of rotatable bonds is 7. The minimum atomic E-state index is 0. The first kappa shape index (κ1) is 20.2. The highest BCUT2D eigenvalue weighted by atomic mass is 127. The number of anilines is 1. The topological polar surface area (TPSA) is 70.4 Å². The van der Waals surface area contributed by atoms with Crippen molar-refractivity contribution in [1.29, 1.82) is 0 Å². The van der Waals surface area contributed by atoms with Gasteiger partial charge in [0.05, 0.1) is 6.54 Å². The van der Waals surface area contributed by atoms with Gasteiger partial charge in [-0.2, -0.15) is 5.10 Å². The molecule has 132 valence electrons. The first-order valence-electron chi connectivity index (χ1n) is 7.74. The van der Waals surface area contributed by atoms with E-state index in [1.165, 1.54) is 5.69 Å². The second kappa shape index (κ2) is 10.8. The standard InChI is InChI=1S/C16H25N7.HI/c1-17-16(19-12-15-20-13-21-23(15)3)18-10-7-11-22(2)14-8-5-4-6-9-14;/h4-6,8-9,13H,7,10-12H2,1-3H3,(H2,17,18,19);1H. The van der Waals surface area contributed by atoms with Crippen molar-refractivity contribution in [3.8, 4) is 0 Å². The van der Waals surface area contributed by atoms with E-state index < -0.39 is 0 Å². The maximum absolute atomic E-state index is 4.22. The highest BCUT2D eigenvalue weighted by molar-refractivity contribution is 14.0. The molecule has 0 aliphatic heterocycles. The molecule has 0 atom stereocenters. The van der Waals surface area contributed by atoms with Crippen molar-refractivity contribution in [3.63, 3.8) is 0 Å². The molecule has 2 N–H and O–H groups in total. The number of aryl methyl sites for hydroxylation is 1. The Labute approximate surface area is 160 Å². The van der Waals surface area contributed by atoms with E-state index in [9.17, 15) is 0 Å². The second-order valence-electron chi connectivity index (χ2n) is 5.26. The van der Waals surface area contributed by atoms with Crippen molar-refractivity contribution < 1.29 is 0 Å². The molecule has 0 aliphatic rings. The van der Waals surface area contributed by atoms with Crippen LogP contribution in [0, 0.1) is 0 Å². The van der Waals surface area contributed by atoms with Crippen molar-refractivity contribution in [2.45, 2.75) is 13.0 Å². The normalized spacial score (nSPS) is 10.9. The summed E-state index contributed by atoms with van der Waals surface area (Å²) in [5.74, 6) is 1.65. The van der Waals surface area contributed by atoms with E-state index in [4.69, 9.17) is 0 Å². The third-order valence-corrected chi connectivity index (χ3v) is 3.60. The van der Waals surface area contributed by atoms with Crippen LogP contribution in [0.3, 0.4) is 0 Å². The van der Waals surface area contributed by atoms with E-state index in [2.05, 4.69) is 61.9 Å². The molecule has 7 nitrogen and oxygen atoms in total. The van der Waals surface area contributed by atoms with Crippen LogP contribution >= 0.6 is 24.0 Å². The molecule has 0 fully saturated rings. The zero-order chi connectivity index (χ0) is 16.5. The van der Waals surface area contributed by atoms with Crippen LogP contribution in [0.2, 0.25) is 0 Å². The Balaban J connectivity index is 0.00000288. The van der Waals surface area contributed by atoms with Gasteiger partial charge in [-0.15, -0.1) is 24.0 Å². The number of guanidine groups is 1. The molecule has 2 aromatic rings. The summed E-state index contributed by atoms with van der Waals surface area (Å²) in [4.78, 5) is 10.6. The number of benzene rings is 1. The lowest BCUT2D eigenvalue weighted by Crippen LogP contribution is -2.38. The monoisotopic (exact) mass is 443 g/mol. The quantitative estimate of drug-likeness (QED) is 0.295. The van der Waals surface area contributed by atoms with Gasteiger partial charge in [0.15, 0.2) is 5.96 Å². The van der Waals surface area contributed by atoms with Crippen molar-refractivity contribution in [1.82, 2.24) is 25.4 Å². The second-order valence-corrected chi connectivity index (χ2v) is 5.26. The van der Waals surface area contributed by atoms with Crippen molar-refractivity contribution in [2.75, 3.05) is 32.1 Å². The zero-order valence-electron chi connectivity index (χ0n) is 14.4. The molecular weight excluding hydrogens is 417 g/mol. The largest absolute Gasteiger partial charge is 0.375 e. The SMILES string of the molecule is CN=C(NCCCN(C)c1ccccc1)NCc1ncnn1C.I. The molecule has 1 heterocycles. The predicted octanol–water partition coefficient (Wildman–Crippen LogP) is 1.62. The summed E-state index contributed by atoms with van der Waals surface area (Å²) in [5, 5.41) is 10.6. The summed E-state index contributed by atoms with van der Waals surface area (Å²) < 4.78 is 1.75. The summed E-state index contributed by atoms with van der Waals surface area (Å²) >= 11 is 0. The summed E-state index contributed by atoms with van der Waals surface area (Å²) in [6, 6.07) is 10.4. The van der Waals surface area contributed by atoms with Gasteiger partial charge in [0.1, 0.15) is 12.2 Å². The van der Waals surface area contributed by atoms with Gasteiger partial charge < -0.3 is 15.5 Å². The molecule has 24 heavy (non-hydrogen) atoms. The minimum absolute atomic E-state index is 0. The van der Waals surface area contributed by atoms with Crippen LogP contribution in [0.25, 0.3) is 0 Å². The number of aromatic nitrogens is 3. The lowest BCUT2D eigenvalue weighted by Gasteiger charge is -2.19. The van der Waals surface area contributed by atoms with Gasteiger partial charge in [-0.1, -0.05) is 18.2 Å². The molecule has 0 saturated heterocycles. The molecule has 0 unspecified atom stereocenters. The van der Waals surface area contributed by atoms with E-state index >= 15 is 0 Å². The summed E-state index contributed by atoms with van der Waals surface area (Å²) in [5.41, 5.74) is 1.23. The smallest absolute Gasteiger partial charge is 0.191 e. The molecule has 1 aromatic carbocycles. The Bertz CT molecular complexity index is 612. The van der Waals surface area contributed by atoms with Crippen molar-refractivity contribution >= 4 is 35.6 Å². The average molecular weight is 443 g/mol.